The Kier molecular flexibility index (Phi) is 3.77. The highest BCUT2D eigenvalue weighted by Gasteiger charge is 2.10. The maximum absolute atomic E-state index is 5.28. The predicted molar refractivity (Wildman–Crippen MR) is 55.9 cm³/mol. The van der Waals surface area contributed by atoms with Crippen LogP contribution in [0.15, 0.2) is 30.3 Å². The molecule has 1 rings (SSSR count). The molecule has 0 saturated heterocycles. The fourth-order valence-electron chi connectivity index (χ4n) is 1.40. The third-order valence-electron chi connectivity index (χ3n) is 2.21. The average Bonchev–Trinajstić information content (AvgIpc) is 2.20. The minimum atomic E-state index is 0.132. The Bertz CT molecular complexity index is 235. The van der Waals surface area contributed by atoms with Gasteiger partial charge in [0, 0.05) is 19.3 Å². The highest BCUT2D eigenvalue weighted by molar-refractivity contribution is 5.46. The molecule has 0 heterocycles. The summed E-state index contributed by atoms with van der Waals surface area (Å²) in [5.74, 6) is 0. The van der Waals surface area contributed by atoms with Gasteiger partial charge < -0.3 is 9.64 Å². The minimum absolute atomic E-state index is 0.132. The van der Waals surface area contributed by atoms with E-state index in [1.54, 1.807) is 7.11 Å². The van der Waals surface area contributed by atoms with E-state index < -0.39 is 0 Å². The Morgan fingerprint density at radius 1 is 1.31 bits per heavy atom. The van der Waals surface area contributed by atoms with E-state index in [-0.39, 0.29) is 6.23 Å². The van der Waals surface area contributed by atoms with Crippen molar-refractivity contribution < 1.29 is 4.74 Å². The van der Waals surface area contributed by atoms with Crippen molar-refractivity contribution in [2.45, 2.75) is 20.1 Å². The zero-order valence-electron chi connectivity index (χ0n) is 8.53. The maximum Gasteiger partial charge on any atom is 0.126 e. The van der Waals surface area contributed by atoms with E-state index in [1.807, 2.05) is 18.2 Å². The van der Waals surface area contributed by atoms with Crippen LogP contribution in [-0.2, 0) is 4.74 Å². The first-order valence-electron chi connectivity index (χ1n) is 4.64. The summed E-state index contributed by atoms with van der Waals surface area (Å²) in [6.07, 6.45) is 0.132. The zero-order valence-corrected chi connectivity index (χ0v) is 8.53. The third kappa shape index (κ3) is 2.46. The number of rotatable bonds is 4. The van der Waals surface area contributed by atoms with E-state index in [0.717, 1.165) is 6.54 Å². The normalized spacial score (nSPS) is 12.5. The van der Waals surface area contributed by atoms with E-state index in [9.17, 15) is 0 Å². The summed E-state index contributed by atoms with van der Waals surface area (Å²) in [5, 5.41) is 0. The fourth-order valence-corrected chi connectivity index (χ4v) is 1.40. The Morgan fingerprint density at radius 3 is 2.38 bits per heavy atom. The van der Waals surface area contributed by atoms with Crippen molar-refractivity contribution in [1.82, 2.24) is 0 Å². The molecule has 0 fully saturated rings. The van der Waals surface area contributed by atoms with Gasteiger partial charge in [-0.3, -0.25) is 0 Å². The van der Waals surface area contributed by atoms with Crippen molar-refractivity contribution in [3.05, 3.63) is 30.3 Å². The van der Waals surface area contributed by atoms with Crippen LogP contribution in [0.4, 0.5) is 5.69 Å². The molecular formula is C11H17NO. The lowest BCUT2D eigenvalue weighted by Gasteiger charge is -2.28. The van der Waals surface area contributed by atoms with Gasteiger partial charge in [0.15, 0.2) is 0 Å². The molecule has 0 aliphatic heterocycles. The van der Waals surface area contributed by atoms with Crippen molar-refractivity contribution in [2.75, 3.05) is 18.6 Å². The molecule has 0 N–H and O–H groups in total. The summed E-state index contributed by atoms with van der Waals surface area (Å²) in [4.78, 5) is 2.21. The van der Waals surface area contributed by atoms with Gasteiger partial charge in [0.25, 0.3) is 0 Å². The number of anilines is 1. The van der Waals surface area contributed by atoms with Crippen LogP contribution in [0, 0.1) is 0 Å². The standard InChI is InChI=1S/C11H17NO/c1-4-12(10(2)13-3)11-8-6-5-7-9-11/h5-10H,4H2,1-3H3. The monoisotopic (exact) mass is 179 g/mol. The van der Waals surface area contributed by atoms with Crippen LogP contribution >= 0.6 is 0 Å². The first kappa shape index (κ1) is 10.1. The van der Waals surface area contributed by atoms with Crippen LogP contribution in [0.3, 0.4) is 0 Å². The Morgan fingerprint density at radius 2 is 1.92 bits per heavy atom. The van der Waals surface area contributed by atoms with Crippen LogP contribution in [0.2, 0.25) is 0 Å². The number of hydrogen-bond acceptors (Lipinski definition) is 2. The molecule has 0 amide bonds. The van der Waals surface area contributed by atoms with E-state index in [1.165, 1.54) is 5.69 Å². The number of hydrogen-bond donors (Lipinski definition) is 0. The SMILES string of the molecule is CCN(c1ccccc1)C(C)OC. The molecular weight excluding hydrogens is 162 g/mol. The molecule has 2 nitrogen and oxygen atoms in total. The van der Waals surface area contributed by atoms with Gasteiger partial charge >= 0.3 is 0 Å². The number of benzene rings is 1. The number of methoxy groups -OCH3 is 1. The van der Waals surface area contributed by atoms with Gasteiger partial charge in [-0.2, -0.15) is 0 Å². The summed E-state index contributed by atoms with van der Waals surface area (Å²) >= 11 is 0. The highest BCUT2D eigenvalue weighted by atomic mass is 16.5. The highest BCUT2D eigenvalue weighted by Crippen LogP contribution is 2.15. The third-order valence-corrected chi connectivity index (χ3v) is 2.21. The van der Waals surface area contributed by atoms with Crippen LogP contribution in [0.1, 0.15) is 13.8 Å². The molecule has 0 spiro atoms. The van der Waals surface area contributed by atoms with E-state index in [0.29, 0.717) is 0 Å². The fraction of sp³-hybridized carbons (Fsp3) is 0.455. The van der Waals surface area contributed by atoms with Crippen LogP contribution in [-0.4, -0.2) is 19.9 Å². The summed E-state index contributed by atoms with van der Waals surface area (Å²) in [5.41, 5.74) is 1.21. The van der Waals surface area contributed by atoms with E-state index in [2.05, 4.69) is 30.9 Å². The second kappa shape index (κ2) is 4.87. The molecule has 0 saturated carbocycles. The summed E-state index contributed by atoms with van der Waals surface area (Å²) in [7, 11) is 1.73. The quantitative estimate of drug-likeness (QED) is 0.658. The molecule has 1 aromatic rings. The molecule has 72 valence electrons. The molecule has 0 aliphatic carbocycles. The molecule has 0 aromatic heterocycles. The van der Waals surface area contributed by atoms with E-state index >= 15 is 0 Å². The summed E-state index contributed by atoms with van der Waals surface area (Å²) in [6, 6.07) is 10.3. The minimum Gasteiger partial charge on any atom is -0.362 e. The smallest absolute Gasteiger partial charge is 0.126 e. The first-order valence-corrected chi connectivity index (χ1v) is 4.64. The van der Waals surface area contributed by atoms with Gasteiger partial charge in [0.1, 0.15) is 6.23 Å². The van der Waals surface area contributed by atoms with Gasteiger partial charge in [-0.1, -0.05) is 18.2 Å². The number of para-hydroxylation sites is 1. The molecule has 13 heavy (non-hydrogen) atoms. The summed E-state index contributed by atoms with van der Waals surface area (Å²) in [6.45, 7) is 5.14. The Hall–Kier alpha value is -1.02. The molecule has 1 atom stereocenters. The maximum atomic E-state index is 5.28. The van der Waals surface area contributed by atoms with Crippen LogP contribution in [0.25, 0.3) is 0 Å². The Balaban J connectivity index is 2.78. The zero-order chi connectivity index (χ0) is 9.68. The van der Waals surface area contributed by atoms with Crippen molar-refractivity contribution in [3.8, 4) is 0 Å². The second-order valence-corrected chi connectivity index (χ2v) is 2.96. The Labute approximate surface area is 80.1 Å². The lowest BCUT2D eigenvalue weighted by atomic mass is 10.3. The lowest BCUT2D eigenvalue weighted by molar-refractivity contribution is 0.115. The van der Waals surface area contributed by atoms with Gasteiger partial charge in [-0.15, -0.1) is 0 Å². The molecule has 0 aliphatic rings. The van der Waals surface area contributed by atoms with Gasteiger partial charge in [0.2, 0.25) is 0 Å². The molecule has 1 aromatic carbocycles. The first-order chi connectivity index (χ1) is 6.29. The molecule has 1 unspecified atom stereocenters. The molecule has 2 heteroatoms. The van der Waals surface area contributed by atoms with Crippen molar-refractivity contribution in [2.24, 2.45) is 0 Å². The largest absolute Gasteiger partial charge is 0.362 e. The average molecular weight is 179 g/mol. The number of ether oxygens (including phenoxy) is 1. The number of nitrogens with zero attached hydrogens (tertiary/aromatic N) is 1. The molecule has 0 radical (unpaired) electrons. The van der Waals surface area contributed by atoms with Gasteiger partial charge in [-0.05, 0) is 26.0 Å². The van der Waals surface area contributed by atoms with Gasteiger partial charge in [-0.25, -0.2) is 0 Å². The topological polar surface area (TPSA) is 12.5 Å². The second-order valence-electron chi connectivity index (χ2n) is 2.96. The van der Waals surface area contributed by atoms with Crippen molar-refractivity contribution in [1.29, 1.82) is 0 Å². The molecule has 0 bridgehead atoms. The van der Waals surface area contributed by atoms with Crippen LogP contribution < -0.4 is 4.90 Å². The van der Waals surface area contributed by atoms with Gasteiger partial charge in [0.05, 0.1) is 0 Å². The van der Waals surface area contributed by atoms with Crippen molar-refractivity contribution in [3.63, 3.8) is 0 Å². The lowest BCUT2D eigenvalue weighted by Crippen LogP contribution is -2.33. The predicted octanol–water partition coefficient (Wildman–Crippen LogP) is 2.51. The van der Waals surface area contributed by atoms with Crippen molar-refractivity contribution >= 4 is 5.69 Å². The van der Waals surface area contributed by atoms with Crippen LogP contribution in [0.5, 0.6) is 0 Å². The summed E-state index contributed by atoms with van der Waals surface area (Å²) < 4.78 is 5.28. The van der Waals surface area contributed by atoms with E-state index in [4.69, 9.17) is 4.74 Å².